The van der Waals surface area contributed by atoms with Crippen molar-refractivity contribution in [2.24, 2.45) is 5.41 Å². The Hall–Kier alpha value is -0.820. The lowest BCUT2D eigenvalue weighted by molar-refractivity contribution is 0.143. The quantitative estimate of drug-likeness (QED) is 0.733. The van der Waals surface area contributed by atoms with Crippen molar-refractivity contribution in [3.8, 4) is 0 Å². The highest BCUT2D eigenvalue weighted by Crippen LogP contribution is 2.39. The molecule has 0 radical (unpaired) electrons. The van der Waals surface area contributed by atoms with Gasteiger partial charge in [0.25, 0.3) is 0 Å². The van der Waals surface area contributed by atoms with Gasteiger partial charge in [-0.1, -0.05) is 64.3 Å². The molecular formula is C20H33N. The molecule has 1 N–H and O–H groups in total. The second kappa shape index (κ2) is 7.98. The summed E-state index contributed by atoms with van der Waals surface area (Å²) < 4.78 is 0. The van der Waals surface area contributed by atoms with Crippen molar-refractivity contribution in [2.75, 3.05) is 6.54 Å². The van der Waals surface area contributed by atoms with Gasteiger partial charge in [-0.25, -0.2) is 0 Å². The second-order valence-electron chi connectivity index (χ2n) is 7.10. The predicted octanol–water partition coefficient (Wildman–Crippen LogP) is 5.13. The summed E-state index contributed by atoms with van der Waals surface area (Å²) >= 11 is 0. The first kappa shape index (κ1) is 16.5. The topological polar surface area (TPSA) is 12.0 Å². The monoisotopic (exact) mass is 287 g/mol. The number of hydrogen-bond acceptors (Lipinski definition) is 1. The third-order valence-corrected chi connectivity index (χ3v) is 5.35. The Morgan fingerprint density at radius 2 is 1.62 bits per heavy atom. The van der Waals surface area contributed by atoms with E-state index >= 15 is 0 Å². The van der Waals surface area contributed by atoms with Gasteiger partial charge < -0.3 is 5.32 Å². The van der Waals surface area contributed by atoms with Crippen LogP contribution in [0.2, 0.25) is 0 Å². The minimum Gasteiger partial charge on any atom is -0.313 e. The summed E-state index contributed by atoms with van der Waals surface area (Å²) in [5.41, 5.74) is 3.42. The van der Waals surface area contributed by atoms with E-state index in [4.69, 9.17) is 0 Å². The zero-order chi connectivity index (χ0) is 15.1. The second-order valence-corrected chi connectivity index (χ2v) is 7.10. The van der Waals surface area contributed by atoms with Crippen LogP contribution < -0.4 is 5.32 Å². The van der Waals surface area contributed by atoms with Crippen LogP contribution >= 0.6 is 0 Å². The average Bonchev–Trinajstić information content (AvgIpc) is 2.52. The molecule has 0 amide bonds. The lowest BCUT2D eigenvalue weighted by Gasteiger charge is -2.41. The lowest BCUT2D eigenvalue weighted by atomic mass is 9.69. The zero-order valence-corrected chi connectivity index (χ0v) is 14.3. The molecule has 1 aromatic rings. The molecule has 1 aliphatic carbocycles. The summed E-state index contributed by atoms with van der Waals surface area (Å²) in [6.07, 6.45) is 10.6. The molecule has 0 spiro atoms. The van der Waals surface area contributed by atoms with E-state index in [1.54, 1.807) is 0 Å². The number of hydrogen-bond donors (Lipinski definition) is 1. The largest absolute Gasteiger partial charge is 0.313 e. The zero-order valence-electron chi connectivity index (χ0n) is 14.3. The number of aryl methyl sites for hydroxylation is 1. The molecule has 21 heavy (non-hydrogen) atoms. The molecule has 1 saturated carbocycles. The van der Waals surface area contributed by atoms with E-state index in [9.17, 15) is 0 Å². The van der Waals surface area contributed by atoms with Gasteiger partial charge >= 0.3 is 0 Å². The predicted molar refractivity (Wildman–Crippen MR) is 92.8 cm³/mol. The Labute approximate surface area is 131 Å². The summed E-state index contributed by atoms with van der Waals surface area (Å²) in [6.45, 7) is 8.15. The maximum atomic E-state index is 3.86. The molecule has 118 valence electrons. The molecule has 1 aliphatic rings. The summed E-state index contributed by atoms with van der Waals surface area (Å²) in [6, 6.07) is 9.91. The molecule has 1 unspecified atom stereocenters. The molecule has 0 bridgehead atoms. The van der Waals surface area contributed by atoms with Crippen molar-refractivity contribution >= 4 is 0 Å². The third-order valence-electron chi connectivity index (χ3n) is 5.35. The molecule has 1 atom stereocenters. The van der Waals surface area contributed by atoms with Crippen LogP contribution in [-0.4, -0.2) is 12.6 Å². The van der Waals surface area contributed by atoms with Crippen LogP contribution in [0.25, 0.3) is 0 Å². The molecule has 0 aromatic heterocycles. The highest BCUT2D eigenvalue weighted by molar-refractivity contribution is 5.23. The Balaban J connectivity index is 2.07. The minimum absolute atomic E-state index is 0.483. The van der Waals surface area contributed by atoms with E-state index in [2.05, 4.69) is 50.4 Å². The van der Waals surface area contributed by atoms with Gasteiger partial charge in [0.15, 0.2) is 0 Å². The Kier molecular flexibility index (Phi) is 6.29. The van der Waals surface area contributed by atoms with Crippen LogP contribution in [0.1, 0.15) is 70.4 Å². The minimum atomic E-state index is 0.483. The van der Waals surface area contributed by atoms with Crippen LogP contribution in [0.15, 0.2) is 24.3 Å². The fraction of sp³-hybridized carbons (Fsp3) is 0.700. The van der Waals surface area contributed by atoms with Gasteiger partial charge in [0.2, 0.25) is 0 Å². The maximum Gasteiger partial charge on any atom is 0.0161 e. The maximum absolute atomic E-state index is 3.86. The molecule has 1 aromatic carbocycles. The Bertz CT molecular complexity index is 400. The SMILES string of the molecule is CCCNC(Cc1ccc(CC)cc1)C1(C)CCCCC1. The van der Waals surface area contributed by atoms with E-state index in [-0.39, 0.29) is 0 Å². The normalized spacial score (nSPS) is 19.4. The van der Waals surface area contributed by atoms with E-state index in [1.165, 1.54) is 56.1 Å². The van der Waals surface area contributed by atoms with Crippen molar-refractivity contribution in [3.63, 3.8) is 0 Å². The van der Waals surface area contributed by atoms with Gasteiger partial charge in [-0.05, 0) is 55.2 Å². The van der Waals surface area contributed by atoms with Gasteiger partial charge in [0, 0.05) is 6.04 Å². The van der Waals surface area contributed by atoms with Crippen molar-refractivity contribution < 1.29 is 0 Å². The van der Waals surface area contributed by atoms with Gasteiger partial charge in [0.1, 0.15) is 0 Å². The van der Waals surface area contributed by atoms with Crippen molar-refractivity contribution in [3.05, 3.63) is 35.4 Å². The molecule has 0 heterocycles. The van der Waals surface area contributed by atoms with Gasteiger partial charge in [-0.2, -0.15) is 0 Å². The first-order chi connectivity index (χ1) is 10.2. The summed E-state index contributed by atoms with van der Waals surface area (Å²) in [7, 11) is 0. The smallest absolute Gasteiger partial charge is 0.0161 e. The molecule has 0 saturated heterocycles. The van der Waals surface area contributed by atoms with Crippen LogP contribution in [0.4, 0.5) is 0 Å². The van der Waals surface area contributed by atoms with Gasteiger partial charge in [-0.15, -0.1) is 0 Å². The molecule has 0 aliphatic heterocycles. The highest BCUT2D eigenvalue weighted by Gasteiger charge is 2.34. The number of benzene rings is 1. The lowest BCUT2D eigenvalue weighted by Crippen LogP contribution is -2.46. The van der Waals surface area contributed by atoms with E-state index in [0.29, 0.717) is 11.5 Å². The molecule has 2 rings (SSSR count). The summed E-state index contributed by atoms with van der Waals surface area (Å²) in [5, 5.41) is 3.86. The fourth-order valence-corrected chi connectivity index (χ4v) is 3.74. The number of rotatable bonds is 7. The van der Waals surface area contributed by atoms with Crippen LogP contribution in [0.5, 0.6) is 0 Å². The highest BCUT2D eigenvalue weighted by atomic mass is 14.9. The van der Waals surface area contributed by atoms with Gasteiger partial charge in [-0.3, -0.25) is 0 Å². The van der Waals surface area contributed by atoms with E-state index in [0.717, 1.165) is 13.0 Å². The van der Waals surface area contributed by atoms with Crippen molar-refractivity contribution in [1.82, 2.24) is 5.32 Å². The number of nitrogens with one attached hydrogen (secondary N) is 1. The first-order valence-corrected chi connectivity index (χ1v) is 8.99. The molecule has 1 fully saturated rings. The molecule has 1 nitrogen and oxygen atoms in total. The van der Waals surface area contributed by atoms with E-state index in [1.807, 2.05) is 0 Å². The molecular weight excluding hydrogens is 254 g/mol. The third kappa shape index (κ3) is 4.57. The Morgan fingerprint density at radius 1 is 1.00 bits per heavy atom. The van der Waals surface area contributed by atoms with Crippen molar-refractivity contribution in [2.45, 2.75) is 78.2 Å². The summed E-state index contributed by atoms with van der Waals surface area (Å²) in [5.74, 6) is 0. The van der Waals surface area contributed by atoms with Crippen LogP contribution in [-0.2, 0) is 12.8 Å². The summed E-state index contributed by atoms with van der Waals surface area (Å²) in [4.78, 5) is 0. The van der Waals surface area contributed by atoms with Gasteiger partial charge in [0.05, 0.1) is 0 Å². The standard InChI is InChI=1S/C20H33N/c1-4-15-21-19(20(3)13-7-6-8-14-20)16-18-11-9-17(5-2)10-12-18/h9-12,19,21H,4-8,13-16H2,1-3H3. The van der Waals surface area contributed by atoms with E-state index < -0.39 is 0 Å². The van der Waals surface area contributed by atoms with Crippen LogP contribution in [0, 0.1) is 5.41 Å². The first-order valence-electron chi connectivity index (χ1n) is 8.99. The Morgan fingerprint density at radius 3 is 2.19 bits per heavy atom. The van der Waals surface area contributed by atoms with Crippen molar-refractivity contribution in [1.29, 1.82) is 0 Å². The average molecular weight is 287 g/mol. The fourth-order valence-electron chi connectivity index (χ4n) is 3.74. The van der Waals surface area contributed by atoms with Crippen LogP contribution in [0.3, 0.4) is 0 Å². The molecule has 1 heteroatoms.